The quantitative estimate of drug-likeness (QED) is 0.765. The number of carbonyl (C=O) groups is 2. The molecule has 0 bridgehead atoms. The van der Waals surface area contributed by atoms with E-state index in [4.69, 9.17) is 0 Å². The number of benzene rings is 2. The van der Waals surface area contributed by atoms with Crippen molar-refractivity contribution < 1.29 is 9.59 Å². The number of anilines is 1. The van der Waals surface area contributed by atoms with Gasteiger partial charge in [0.05, 0.1) is 12.2 Å². The Morgan fingerprint density at radius 2 is 1.56 bits per heavy atom. The number of amides is 2. The first-order valence-electron chi connectivity index (χ1n) is 9.41. The number of hydrogen-bond acceptors (Lipinski definition) is 2. The lowest BCUT2D eigenvalue weighted by atomic mass is 10.0. The maximum atomic E-state index is 13.0. The topological polar surface area (TPSA) is 40.6 Å². The first-order chi connectivity index (χ1) is 13.1. The van der Waals surface area contributed by atoms with E-state index in [2.05, 4.69) is 11.8 Å². The minimum atomic E-state index is -0.0542. The van der Waals surface area contributed by atoms with Crippen molar-refractivity contribution in [1.29, 1.82) is 0 Å². The van der Waals surface area contributed by atoms with Crippen molar-refractivity contribution in [3.8, 4) is 11.8 Å². The highest BCUT2D eigenvalue weighted by Crippen LogP contribution is 2.26. The summed E-state index contributed by atoms with van der Waals surface area (Å²) in [5.74, 6) is 6.37. The molecule has 0 saturated carbocycles. The normalized spacial score (nSPS) is 12.0. The van der Waals surface area contributed by atoms with Crippen molar-refractivity contribution >= 4 is 17.5 Å². The molecule has 0 radical (unpaired) electrons. The predicted octanol–water partition coefficient (Wildman–Crippen LogP) is 3.58. The van der Waals surface area contributed by atoms with Crippen LogP contribution >= 0.6 is 0 Å². The van der Waals surface area contributed by atoms with E-state index in [1.165, 1.54) is 0 Å². The van der Waals surface area contributed by atoms with Gasteiger partial charge < -0.3 is 9.80 Å². The van der Waals surface area contributed by atoms with E-state index >= 15 is 0 Å². The van der Waals surface area contributed by atoms with Crippen LogP contribution in [0.3, 0.4) is 0 Å². The maximum Gasteiger partial charge on any atom is 0.227 e. The number of fused-ring (bicyclic) bond motifs is 2. The molecule has 0 fully saturated rings. The number of para-hydroxylation sites is 1. The second-order valence-corrected chi connectivity index (χ2v) is 6.47. The van der Waals surface area contributed by atoms with Gasteiger partial charge in [0.25, 0.3) is 0 Å². The molecule has 1 aliphatic rings. The van der Waals surface area contributed by atoms with Crippen molar-refractivity contribution in [1.82, 2.24) is 4.90 Å². The van der Waals surface area contributed by atoms with Gasteiger partial charge in [0.2, 0.25) is 11.8 Å². The molecular formula is C23H24N2O2. The molecule has 0 atom stereocenters. The van der Waals surface area contributed by atoms with Crippen LogP contribution in [-0.2, 0) is 16.1 Å². The lowest BCUT2D eigenvalue weighted by molar-refractivity contribution is -0.132. The van der Waals surface area contributed by atoms with E-state index in [0.717, 1.165) is 22.4 Å². The molecule has 1 aliphatic heterocycles. The largest absolute Gasteiger partial charge is 0.343 e. The van der Waals surface area contributed by atoms with Gasteiger partial charge in [0.15, 0.2) is 0 Å². The SMILES string of the molecule is CCN(CC)C(=O)CCC(=O)N1Cc2ccccc2C#Cc2ccccc21. The van der Waals surface area contributed by atoms with Crippen LogP contribution in [0.15, 0.2) is 48.5 Å². The van der Waals surface area contributed by atoms with E-state index in [1.807, 2.05) is 62.4 Å². The van der Waals surface area contributed by atoms with Crippen LogP contribution in [0.1, 0.15) is 43.4 Å². The molecule has 1 heterocycles. The fourth-order valence-electron chi connectivity index (χ4n) is 3.29. The van der Waals surface area contributed by atoms with E-state index in [1.54, 1.807) is 9.80 Å². The van der Waals surface area contributed by atoms with Gasteiger partial charge in [0.1, 0.15) is 0 Å². The number of hydrogen-bond donors (Lipinski definition) is 0. The highest BCUT2D eigenvalue weighted by Gasteiger charge is 2.22. The standard InChI is InChI=1S/C23H24N2O2/c1-3-24(4-2)22(26)15-16-23(27)25-17-20-11-6-5-9-18(20)13-14-19-10-7-8-12-21(19)25/h5-12H,3-4,15-17H2,1-2H3. The van der Waals surface area contributed by atoms with Gasteiger partial charge in [-0.1, -0.05) is 42.2 Å². The van der Waals surface area contributed by atoms with E-state index < -0.39 is 0 Å². The molecule has 4 nitrogen and oxygen atoms in total. The fraction of sp³-hybridized carbons (Fsp3) is 0.304. The van der Waals surface area contributed by atoms with Crippen molar-refractivity contribution in [2.45, 2.75) is 33.2 Å². The zero-order valence-electron chi connectivity index (χ0n) is 15.9. The molecule has 0 N–H and O–H groups in total. The molecular weight excluding hydrogens is 336 g/mol. The lowest BCUT2D eigenvalue weighted by Gasteiger charge is -2.26. The monoisotopic (exact) mass is 360 g/mol. The van der Waals surface area contributed by atoms with Gasteiger partial charge >= 0.3 is 0 Å². The van der Waals surface area contributed by atoms with Gasteiger partial charge in [-0.15, -0.1) is 0 Å². The first kappa shape index (κ1) is 18.7. The number of nitrogens with zero attached hydrogens (tertiary/aromatic N) is 2. The molecule has 0 aromatic heterocycles. The summed E-state index contributed by atoms with van der Waals surface area (Å²) >= 11 is 0. The summed E-state index contributed by atoms with van der Waals surface area (Å²) in [5.41, 5.74) is 3.59. The minimum absolute atomic E-state index is 0.0221. The average Bonchev–Trinajstić information content (AvgIpc) is 2.69. The van der Waals surface area contributed by atoms with Crippen LogP contribution in [0.2, 0.25) is 0 Å². The minimum Gasteiger partial charge on any atom is -0.343 e. The molecule has 2 aromatic carbocycles. The number of carbonyl (C=O) groups excluding carboxylic acids is 2. The van der Waals surface area contributed by atoms with Gasteiger partial charge in [-0.05, 0) is 37.6 Å². The molecule has 0 spiro atoms. The zero-order valence-corrected chi connectivity index (χ0v) is 15.9. The van der Waals surface area contributed by atoms with Gasteiger partial charge in [-0.3, -0.25) is 9.59 Å². The van der Waals surface area contributed by atoms with Crippen LogP contribution in [0, 0.1) is 11.8 Å². The molecule has 27 heavy (non-hydrogen) atoms. The van der Waals surface area contributed by atoms with Crippen LogP contribution in [-0.4, -0.2) is 29.8 Å². The Labute approximate surface area is 160 Å². The summed E-state index contributed by atoms with van der Waals surface area (Å²) < 4.78 is 0. The molecule has 138 valence electrons. The molecule has 4 heteroatoms. The molecule has 0 saturated heterocycles. The summed E-state index contributed by atoms with van der Waals surface area (Å²) in [4.78, 5) is 28.9. The Kier molecular flexibility index (Phi) is 5.93. The fourth-order valence-corrected chi connectivity index (χ4v) is 3.29. The van der Waals surface area contributed by atoms with E-state index in [0.29, 0.717) is 19.6 Å². The smallest absolute Gasteiger partial charge is 0.227 e. The third-order valence-electron chi connectivity index (χ3n) is 4.84. The second kappa shape index (κ2) is 8.55. The van der Waals surface area contributed by atoms with Crippen molar-refractivity contribution in [3.63, 3.8) is 0 Å². The van der Waals surface area contributed by atoms with Gasteiger partial charge in [-0.2, -0.15) is 0 Å². The zero-order chi connectivity index (χ0) is 19.2. The van der Waals surface area contributed by atoms with Gasteiger partial charge in [0, 0.05) is 37.1 Å². The van der Waals surface area contributed by atoms with Crippen LogP contribution in [0.25, 0.3) is 0 Å². The first-order valence-corrected chi connectivity index (χ1v) is 9.41. The van der Waals surface area contributed by atoms with E-state index in [9.17, 15) is 9.59 Å². The Morgan fingerprint density at radius 3 is 2.30 bits per heavy atom. The molecule has 0 aliphatic carbocycles. The number of rotatable bonds is 5. The summed E-state index contributed by atoms with van der Waals surface area (Å²) in [5, 5.41) is 0. The molecule has 0 unspecified atom stereocenters. The molecule has 2 amide bonds. The van der Waals surface area contributed by atoms with E-state index in [-0.39, 0.29) is 24.7 Å². The highest BCUT2D eigenvalue weighted by atomic mass is 16.2. The second-order valence-electron chi connectivity index (χ2n) is 6.47. The Morgan fingerprint density at radius 1 is 0.926 bits per heavy atom. The molecule has 3 rings (SSSR count). The Hall–Kier alpha value is -3.06. The predicted molar refractivity (Wildman–Crippen MR) is 107 cm³/mol. The third-order valence-corrected chi connectivity index (χ3v) is 4.84. The average molecular weight is 360 g/mol. The Bertz CT molecular complexity index is 904. The van der Waals surface area contributed by atoms with Gasteiger partial charge in [-0.25, -0.2) is 0 Å². The van der Waals surface area contributed by atoms with Crippen LogP contribution in [0.5, 0.6) is 0 Å². The summed E-state index contributed by atoms with van der Waals surface area (Å²) in [7, 11) is 0. The van der Waals surface area contributed by atoms with Crippen molar-refractivity contribution in [2.24, 2.45) is 0 Å². The summed E-state index contributed by atoms with van der Waals surface area (Å²) in [6.45, 7) is 5.69. The molecule has 2 aromatic rings. The third kappa shape index (κ3) is 4.20. The Balaban J connectivity index is 1.87. The lowest BCUT2D eigenvalue weighted by Crippen LogP contribution is -2.34. The van der Waals surface area contributed by atoms with Crippen molar-refractivity contribution in [2.75, 3.05) is 18.0 Å². The summed E-state index contributed by atoms with van der Waals surface area (Å²) in [6.07, 6.45) is 0.422. The van der Waals surface area contributed by atoms with Crippen LogP contribution < -0.4 is 4.90 Å². The maximum absolute atomic E-state index is 13.0. The van der Waals surface area contributed by atoms with Crippen molar-refractivity contribution in [3.05, 3.63) is 65.2 Å². The van der Waals surface area contributed by atoms with Crippen LogP contribution in [0.4, 0.5) is 5.69 Å². The summed E-state index contributed by atoms with van der Waals surface area (Å²) in [6, 6.07) is 15.6. The highest BCUT2D eigenvalue weighted by molar-refractivity contribution is 5.96.